The van der Waals surface area contributed by atoms with Crippen LogP contribution >= 0.6 is 0 Å². The third kappa shape index (κ3) is 5.66. The summed E-state index contributed by atoms with van der Waals surface area (Å²) in [6, 6.07) is 23.6. The van der Waals surface area contributed by atoms with Crippen molar-refractivity contribution in [2.75, 3.05) is 12.4 Å². The van der Waals surface area contributed by atoms with Crippen molar-refractivity contribution >= 4 is 28.5 Å². The quantitative estimate of drug-likeness (QED) is 0.396. The molecule has 8 nitrogen and oxygen atoms in total. The summed E-state index contributed by atoms with van der Waals surface area (Å²) in [6.07, 6.45) is 0. The SMILES string of the molecule is COc1ccc(NC(=O)C(C(C)C)N(Cc2ccccc2)C(=O)Cn2nnc3ccccc32)cc1. The van der Waals surface area contributed by atoms with E-state index in [4.69, 9.17) is 4.74 Å². The molecule has 0 fully saturated rings. The van der Waals surface area contributed by atoms with Crippen molar-refractivity contribution in [3.05, 3.63) is 84.4 Å². The Labute approximate surface area is 204 Å². The standard InChI is InChI=1S/C27H29N5O3/c1-19(2)26(27(34)28-21-13-15-22(35-3)16-14-21)31(17-20-9-5-4-6-10-20)25(33)18-32-24-12-8-7-11-23(24)29-30-32/h4-16,19,26H,17-18H2,1-3H3,(H,28,34). The molecule has 3 aromatic carbocycles. The van der Waals surface area contributed by atoms with Crippen LogP contribution in [0.25, 0.3) is 11.0 Å². The van der Waals surface area contributed by atoms with Gasteiger partial charge in [0, 0.05) is 12.2 Å². The van der Waals surface area contributed by atoms with Crippen molar-refractivity contribution in [2.24, 2.45) is 5.92 Å². The van der Waals surface area contributed by atoms with Crippen LogP contribution in [0, 0.1) is 5.92 Å². The number of fused-ring (bicyclic) bond motifs is 1. The summed E-state index contributed by atoms with van der Waals surface area (Å²) in [4.78, 5) is 28.8. The second-order valence-corrected chi connectivity index (χ2v) is 8.65. The van der Waals surface area contributed by atoms with Crippen LogP contribution in [0.15, 0.2) is 78.9 Å². The molecule has 1 aromatic heterocycles. The summed E-state index contributed by atoms with van der Waals surface area (Å²) in [5.41, 5.74) is 3.06. The van der Waals surface area contributed by atoms with E-state index >= 15 is 0 Å². The Hall–Kier alpha value is -4.20. The molecule has 0 spiro atoms. The van der Waals surface area contributed by atoms with Crippen molar-refractivity contribution < 1.29 is 14.3 Å². The molecule has 180 valence electrons. The minimum Gasteiger partial charge on any atom is -0.497 e. The van der Waals surface area contributed by atoms with E-state index in [1.807, 2.05) is 68.4 Å². The van der Waals surface area contributed by atoms with Crippen LogP contribution in [0.4, 0.5) is 5.69 Å². The van der Waals surface area contributed by atoms with Gasteiger partial charge in [0.05, 0.1) is 12.6 Å². The smallest absolute Gasteiger partial charge is 0.247 e. The molecule has 1 heterocycles. The van der Waals surface area contributed by atoms with Gasteiger partial charge in [-0.25, -0.2) is 4.68 Å². The first kappa shape index (κ1) is 23.9. The molecule has 1 N–H and O–H groups in total. The average molecular weight is 472 g/mol. The predicted octanol–water partition coefficient (Wildman–Crippen LogP) is 4.13. The topological polar surface area (TPSA) is 89.4 Å². The lowest BCUT2D eigenvalue weighted by Crippen LogP contribution is -2.50. The highest BCUT2D eigenvalue weighted by molar-refractivity contribution is 5.97. The number of carbonyl (C=O) groups is 2. The number of ether oxygens (including phenoxy) is 1. The van der Waals surface area contributed by atoms with Gasteiger partial charge in [0.15, 0.2) is 0 Å². The summed E-state index contributed by atoms with van der Waals surface area (Å²) in [7, 11) is 1.59. The molecule has 0 saturated heterocycles. The van der Waals surface area contributed by atoms with Crippen molar-refractivity contribution in [3.63, 3.8) is 0 Å². The maximum atomic E-state index is 13.7. The van der Waals surface area contributed by atoms with E-state index in [1.165, 1.54) is 0 Å². The highest BCUT2D eigenvalue weighted by Gasteiger charge is 2.33. The average Bonchev–Trinajstić information content (AvgIpc) is 3.27. The highest BCUT2D eigenvalue weighted by Crippen LogP contribution is 2.21. The van der Waals surface area contributed by atoms with E-state index < -0.39 is 6.04 Å². The first-order chi connectivity index (χ1) is 17.0. The van der Waals surface area contributed by atoms with Gasteiger partial charge < -0.3 is 15.0 Å². The molecule has 2 amide bonds. The van der Waals surface area contributed by atoms with Gasteiger partial charge in [-0.05, 0) is 47.9 Å². The fraction of sp³-hybridized carbons (Fsp3) is 0.259. The number of rotatable bonds is 9. The van der Waals surface area contributed by atoms with Crippen molar-refractivity contribution in [3.8, 4) is 5.75 Å². The second kappa shape index (κ2) is 10.8. The number of hydrogen-bond acceptors (Lipinski definition) is 5. The zero-order valence-electron chi connectivity index (χ0n) is 20.1. The number of benzene rings is 3. The fourth-order valence-corrected chi connectivity index (χ4v) is 4.07. The third-order valence-corrected chi connectivity index (χ3v) is 5.81. The van der Waals surface area contributed by atoms with Crippen LogP contribution in [-0.4, -0.2) is 44.9 Å². The van der Waals surface area contributed by atoms with E-state index in [0.29, 0.717) is 23.5 Å². The molecular weight excluding hydrogens is 442 g/mol. The largest absolute Gasteiger partial charge is 0.497 e. The van der Waals surface area contributed by atoms with Crippen LogP contribution in [0.5, 0.6) is 5.75 Å². The molecule has 0 radical (unpaired) electrons. The van der Waals surface area contributed by atoms with E-state index in [0.717, 1.165) is 11.1 Å². The van der Waals surface area contributed by atoms with Gasteiger partial charge >= 0.3 is 0 Å². The lowest BCUT2D eigenvalue weighted by Gasteiger charge is -2.33. The first-order valence-corrected chi connectivity index (χ1v) is 11.5. The number of aromatic nitrogens is 3. The summed E-state index contributed by atoms with van der Waals surface area (Å²) in [5, 5.41) is 11.3. The number of para-hydroxylation sites is 1. The molecule has 1 unspecified atom stereocenters. The van der Waals surface area contributed by atoms with E-state index in [2.05, 4.69) is 15.6 Å². The number of anilines is 1. The van der Waals surface area contributed by atoms with Crippen LogP contribution in [0.3, 0.4) is 0 Å². The summed E-state index contributed by atoms with van der Waals surface area (Å²) >= 11 is 0. The van der Waals surface area contributed by atoms with E-state index in [9.17, 15) is 9.59 Å². The number of hydrogen-bond donors (Lipinski definition) is 1. The zero-order chi connectivity index (χ0) is 24.8. The Bertz CT molecular complexity index is 1290. The zero-order valence-corrected chi connectivity index (χ0v) is 20.1. The Morgan fingerprint density at radius 2 is 1.66 bits per heavy atom. The van der Waals surface area contributed by atoms with Crippen LogP contribution in [-0.2, 0) is 22.7 Å². The summed E-state index contributed by atoms with van der Waals surface area (Å²) < 4.78 is 6.78. The molecule has 0 bridgehead atoms. The second-order valence-electron chi connectivity index (χ2n) is 8.65. The monoisotopic (exact) mass is 471 g/mol. The molecule has 0 aliphatic rings. The molecular formula is C27H29N5O3. The van der Waals surface area contributed by atoms with Crippen molar-refractivity contribution in [2.45, 2.75) is 33.0 Å². The Morgan fingerprint density at radius 3 is 2.34 bits per heavy atom. The van der Waals surface area contributed by atoms with Crippen LogP contribution < -0.4 is 10.1 Å². The van der Waals surface area contributed by atoms with E-state index in [-0.39, 0.29) is 24.3 Å². The maximum Gasteiger partial charge on any atom is 0.247 e. The number of nitrogens with zero attached hydrogens (tertiary/aromatic N) is 4. The van der Waals surface area contributed by atoms with Gasteiger partial charge in [-0.2, -0.15) is 0 Å². The number of carbonyl (C=O) groups excluding carboxylic acids is 2. The van der Waals surface area contributed by atoms with Gasteiger partial charge in [0.25, 0.3) is 0 Å². The first-order valence-electron chi connectivity index (χ1n) is 11.5. The number of amides is 2. The van der Waals surface area contributed by atoms with Gasteiger partial charge in [-0.1, -0.05) is 61.5 Å². The fourth-order valence-electron chi connectivity index (χ4n) is 4.07. The van der Waals surface area contributed by atoms with Crippen molar-refractivity contribution in [1.29, 1.82) is 0 Å². The summed E-state index contributed by atoms with van der Waals surface area (Å²) in [5.74, 6) is 0.101. The molecule has 0 aliphatic carbocycles. The molecule has 8 heteroatoms. The number of nitrogens with one attached hydrogen (secondary N) is 1. The Balaban J connectivity index is 1.62. The third-order valence-electron chi connectivity index (χ3n) is 5.81. The van der Waals surface area contributed by atoms with Crippen LogP contribution in [0.1, 0.15) is 19.4 Å². The van der Waals surface area contributed by atoms with E-state index in [1.54, 1.807) is 41.0 Å². The maximum absolute atomic E-state index is 13.7. The number of methoxy groups -OCH3 is 1. The molecule has 4 aromatic rings. The van der Waals surface area contributed by atoms with Gasteiger partial charge in [-0.3, -0.25) is 9.59 Å². The van der Waals surface area contributed by atoms with Crippen molar-refractivity contribution in [1.82, 2.24) is 19.9 Å². The Kier molecular flexibility index (Phi) is 7.40. The predicted molar refractivity (Wildman–Crippen MR) is 135 cm³/mol. The molecule has 4 rings (SSSR count). The summed E-state index contributed by atoms with van der Waals surface area (Å²) in [6.45, 7) is 4.15. The minimum atomic E-state index is -0.695. The van der Waals surface area contributed by atoms with Gasteiger partial charge in [-0.15, -0.1) is 5.10 Å². The van der Waals surface area contributed by atoms with Gasteiger partial charge in [0.1, 0.15) is 23.9 Å². The Morgan fingerprint density at radius 1 is 0.971 bits per heavy atom. The van der Waals surface area contributed by atoms with Gasteiger partial charge in [0.2, 0.25) is 11.8 Å². The van der Waals surface area contributed by atoms with Crippen LogP contribution in [0.2, 0.25) is 0 Å². The molecule has 0 saturated carbocycles. The lowest BCUT2D eigenvalue weighted by atomic mass is 10.00. The normalized spacial score (nSPS) is 11.9. The lowest BCUT2D eigenvalue weighted by molar-refractivity contribution is -0.141. The molecule has 0 aliphatic heterocycles. The minimum absolute atomic E-state index is 0.0214. The molecule has 35 heavy (non-hydrogen) atoms. The molecule has 1 atom stereocenters. The highest BCUT2D eigenvalue weighted by atomic mass is 16.5.